The lowest BCUT2D eigenvalue weighted by Crippen LogP contribution is -1.99. The van der Waals surface area contributed by atoms with Crippen molar-refractivity contribution in [2.24, 2.45) is 0 Å². The number of carbonyl (C=O) groups is 1. The SMILES string of the molecule is Cc1c(F)c(Cl)cc(-c2c(C(=O)O)sc3cc(Cl)cnc23)c1F. The summed E-state index contributed by atoms with van der Waals surface area (Å²) in [5.41, 5.74) is -0.0426. The average Bonchev–Trinajstić information content (AvgIpc) is 2.87. The van der Waals surface area contributed by atoms with Gasteiger partial charge >= 0.3 is 5.97 Å². The summed E-state index contributed by atoms with van der Waals surface area (Å²) in [5.74, 6) is -2.98. The van der Waals surface area contributed by atoms with Crippen molar-refractivity contribution in [3.05, 3.63) is 50.4 Å². The fraction of sp³-hybridized carbons (Fsp3) is 0.0667. The Morgan fingerprint density at radius 2 is 1.96 bits per heavy atom. The maximum absolute atomic E-state index is 14.5. The van der Waals surface area contributed by atoms with Crippen molar-refractivity contribution in [1.82, 2.24) is 4.98 Å². The van der Waals surface area contributed by atoms with Crippen LogP contribution in [0.3, 0.4) is 0 Å². The molecule has 0 aliphatic carbocycles. The minimum atomic E-state index is -1.24. The Kier molecular flexibility index (Phi) is 4.00. The Balaban J connectivity index is 2.45. The van der Waals surface area contributed by atoms with Crippen LogP contribution in [0.15, 0.2) is 18.3 Å². The van der Waals surface area contributed by atoms with Gasteiger partial charge in [-0.3, -0.25) is 4.98 Å². The highest BCUT2D eigenvalue weighted by Crippen LogP contribution is 2.41. The molecule has 1 N–H and O–H groups in total. The van der Waals surface area contributed by atoms with Gasteiger partial charge in [0.25, 0.3) is 0 Å². The normalized spacial score (nSPS) is 11.2. The second kappa shape index (κ2) is 5.70. The molecule has 0 saturated carbocycles. The number of halogens is 4. The van der Waals surface area contributed by atoms with Crippen LogP contribution in [0.25, 0.3) is 21.3 Å². The van der Waals surface area contributed by atoms with E-state index in [2.05, 4.69) is 4.98 Å². The minimum absolute atomic E-state index is 0.0664. The molecule has 0 bridgehead atoms. The van der Waals surface area contributed by atoms with Crippen LogP contribution in [0.1, 0.15) is 15.2 Å². The van der Waals surface area contributed by atoms with Crippen LogP contribution in [0, 0.1) is 18.6 Å². The zero-order valence-electron chi connectivity index (χ0n) is 11.5. The molecule has 2 heterocycles. The third kappa shape index (κ3) is 2.56. The van der Waals surface area contributed by atoms with Gasteiger partial charge in [0, 0.05) is 22.9 Å². The van der Waals surface area contributed by atoms with Gasteiger partial charge in [-0.25, -0.2) is 13.6 Å². The van der Waals surface area contributed by atoms with Crippen molar-refractivity contribution in [2.75, 3.05) is 0 Å². The van der Waals surface area contributed by atoms with E-state index in [0.717, 1.165) is 17.4 Å². The fourth-order valence-electron chi connectivity index (χ4n) is 2.27. The van der Waals surface area contributed by atoms with E-state index in [4.69, 9.17) is 23.2 Å². The molecule has 0 saturated heterocycles. The van der Waals surface area contributed by atoms with Crippen LogP contribution in [-0.4, -0.2) is 16.1 Å². The molecule has 0 aliphatic heterocycles. The van der Waals surface area contributed by atoms with Crippen molar-refractivity contribution in [3.8, 4) is 11.1 Å². The molecule has 3 nitrogen and oxygen atoms in total. The molecule has 0 radical (unpaired) electrons. The van der Waals surface area contributed by atoms with Gasteiger partial charge in [0.2, 0.25) is 0 Å². The summed E-state index contributed by atoms with van der Waals surface area (Å²) in [6.45, 7) is 1.24. The molecule has 0 atom stereocenters. The van der Waals surface area contributed by atoms with Crippen molar-refractivity contribution in [3.63, 3.8) is 0 Å². The number of carboxylic acids is 1. The van der Waals surface area contributed by atoms with Crippen molar-refractivity contribution in [2.45, 2.75) is 6.92 Å². The maximum Gasteiger partial charge on any atom is 0.346 e. The number of nitrogens with zero attached hydrogens (tertiary/aromatic N) is 1. The Morgan fingerprint density at radius 3 is 2.61 bits per heavy atom. The molecule has 0 spiro atoms. The van der Waals surface area contributed by atoms with E-state index in [1.165, 1.54) is 13.1 Å². The predicted molar refractivity (Wildman–Crippen MR) is 86.7 cm³/mol. The van der Waals surface area contributed by atoms with Crippen LogP contribution in [-0.2, 0) is 0 Å². The molecule has 3 aromatic rings. The highest BCUT2D eigenvalue weighted by molar-refractivity contribution is 7.21. The number of rotatable bonds is 2. The van der Waals surface area contributed by atoms with E-state index in [1.807, 2.05) is 0 Å². The summed E-state index contributed by atoms with van der Waals surface area (Å²) in [6.07, 6.45) is 1.33. The van der Waals surface area contributed by atoms with Gasteiger partial charge in [0.05, 0.1) is 20.3 Å². The maximum atomic E-state index is 14.5. The van der Waals surface area contributed by atoms with Crippen molar-refractivity contribution in [1.29, 1.82) is 0 Å². The predicted octanol–water partition coefficient (Wildman–Crippen LogP) is 5.55. The summed E-state index contributed by atoms with van der Waals surface area (Å²) in [5, 5.41) is 9.44. The summed E-state index contributed by atoms with van der Waals surface area (Å²) in [6, 6.07) is 2.61. The number of thiophene rings is 1. The van der Waals surface area contributed by atoms with E-state index in [1.54, 1.807) is 6.07 Å². The van der Waals surface area contributed by atoms with Gasteiger partial charge in [0.15, 0.2) is 0 Å². The van der Waals surface area contributed by atoms with Gasteiger partial charge < -0.3 is 5.11 Å². The van der Waals surface area contributed by atoms with E-state index >= 15 is 0 Å². The van der Waals surface area contributed by atoms with Crippen LogP contribution in [0.5, 0.6) is 0 Å². The van der Waals surface area contributed by atoms with Gasteiger partial charge in [-0.15, -0.1) is 11.3 Å². The summed E-state index contributed by atoms with van der Waals surface area (Å²) < 4.78 is 28.7. The van der Waals surface area contributed by atoms with E-state index in [9.17, 15) is 18.7 Å². The van der Waals surface area contributed by atoms with Crippen molar-refractivity contribution >= 4 is 50.7 Å². The first-order valence-corrected chi connectivity index (χ1v) is 7.84. The smallest absolute Gasteiger partial charge is 0.346 e. The molecule has 118 valence electrons. The van der Waals surface area contributed by atoms with Crippen LogP contribution in [0.2, 0.25) is 10.0 Å². The second-order valence-electron chi connectivity index (χ2n) is 4.77. The molecule has 0 amide bonds. The number of aromatic carboxylic acids is 1. The lowest BCUT2D eigenvalue weighted by Gasteiger charge is -2.09. The van der Waals surface area contributed by atoms with E-state index in [0.29, 0.717) is 9.72 Å². The number of hydrogen-bond donors (Lipinski definition) is 1. The van der Waals surface area contributed by atoms with E-state index in [-0.39, 0.29) is 32.1 Å². The topological polar surface area (TPSA) is 50.2 Å². The van der Waals surface area contributed by atoms with Crippen LogP contribution >= 0.6 is 34.5 Å². The molecule has 8 heteroatoms. The van der Waals surface area contributed by atoms with Gasteiger partial charge in [-0.05, 0) is 19.1 Å². The third-order valence-electron chi connectivity index (χ3n) is 3.33. The highest BCUT2D eigenvalue weighted by Gasteiger charge is 2.25. The van der Waals surface area contributed by atoms with Gasteiger partial charge in [0.1, 0.15) is 16.5 Å². The zero-order valence-corrected chi connectivity index (χ0v) is 13.8. The quantitative estimate of drug-likeness (QED) is 0.598. The molecule has 0 aliphatic rings. The number of pyridine rings is 1. The molecule has 1 aromatic carbocycles. The van der Waals surface area contributed by atoms with Crippen molar-refractivity contribution < 1.29 is 18.7 Å². The zero-order chi connectivity index (χ0) is 16.9. The molecule has 23 heavy (non-hydrogen) atoms. The fourth-order valence-corrected chi connectivity index (χ4v) is 3.79. The lowest BCUT2D eigenvalue weighted by atomic mass is 10.0. The first kappa shape index (κ1) is 16.1. The average molecular weight is 374 g/mol. The number of hydrogen-bond acceptors (Lipinski definition) is 3. The molecular formula is C15H7Cl2F2NO2S. The summed E-state index contributed by atoms with van der Waals surface area (Å²) in [7, 11) is 0. The first-order valence-electron chi connectivity index (χ1n) is 6.27. The largest absolute Gasteiger partial charge is 0.477 e. The molecule has 0 unspecified atom stereocenters. The third-order valence-corrected chi connectivity index (χ3v) is 4.93. The standard InChI is InChI=1S/C15H7Cl2F2NO2S/c1-5-11(18)7(3-8(17)12(5)19)10-13-9(2-6(16)4-20-13)23-14(10)15(21)22/h2-4H,1H3,(H,21,22). The highest BCUT2D eigenvalue weighted by atomic mass is 35.5. The lowest BCUT2D eigenvalue weighted by molar-refractivity contribution is 0.0703. The molecule has 3 rings (SSSR count). The van der Waals surface area contributed by atoms with E-state index < -0.39 is 17.6 Å². The van der Waals surface area contributed by atoms with Gasteiger partial charge in [-0.1, -0.05) is 23.2 Å². The van der Waals surface area contributed by atoms with Gasteiger partial charge in [-0.2, -0.15) is 0 Å². The first-order chi connectivity index (χ1) is 10.8. The number of fused-ring (bicyclic) bond motifs is 1. The second-order valence-corrected chi connectivity index (χ2v) is 6.67. The van der Waals surface area contributed by atoms with Crippen LogP contribution in [0.4, 0.5) is 8.78 Å². The summed E-state index contributed by atoms with van der Waals surface area (Å²) in [4.78, 5) is 15.5. The Morgan fingerprint density at radius 1 is 1.26 bits per heavy atom. The Bertz CT molecular complexity index is 972. The Hall–Kier alpha value is -1.76. The number of aromatic nitrogens is 1. The monoisotopic (exact) mass is 373 g/mol. The summed E-state index contributed by atoms with van der Waals surface area (Å²) >= 11 is 12.6. The molecule has 0 fully saturated rings. The number of carboxylic acid groups (broad SMARTS) is 1. The molecule has 2 aromatic heterocycles. The molecular weight excluding hydrogens is 367 g/mol. The van der Waals surface area contributed by atoms with Crippen LogP contribution < -0.4 is 0 Å². The Labute approximate surface area is 143 Å². The minimum Gasteiger partial charge on any atom is -0.477 e. The number of benzene rings is 1.